The highest BCUT2D eigenvalue weighted by molar-refractivity contribution is 7.23. The molecule has 4 saturated heterocycles. The fraction of sp³-hybridized carbons (Fsp3) is 0.441. The number of fused-ring (bicyclic) bond motifs is 5. The number of nitrogens with two attached hydrogens (primary N) is 1. The summed E-state index contributed by atoms with van der Waals surface area (Å²) < 4.78 is 110. The van der Waals surface area contributed by atoms with Crippen LogP contribution in [0, 0.1) is 23.0 Å². The van der Waals surface area contributed by atoms with Crippen molar-refractivity contribution in [3.8, 4) is 23.2 Å². The van der Waals surface area contributed by atoms with Gasteiger partial charge in [0.05, 0.1) is 21.3 Å². The van der Waals surface area contributed by atoms with Crippen molar-refractivity contribution < 1.29 is 35.5 Å². The van der Waals surface area contributed by atoms with Gasteiger partial charge in [-0.15, -0.1) is 11.3 Å². The summed E-state index contributed by atoms with van der Waals surface area (Å²) in [5, 5.41) is 12.8. The summed E-state index contributed by atoms with van der Waals surface area (Å²) in [6.07, 6.45) is -2.66. The number of ether oxygens (including phenoxy) is 1. The quantitative estimate of drug-likeness (QED) is 0.193. The minimum absolute atomic E-state index is 0.00975. The van der Waals surface area contributed by atoms with Crippen molar-refractivity contribution in [1.82, 2.24) is 20.2 Å². The summed E-state index contributed by atoms with van der Waals surface area (Å²) in [6.45, 7) is 1.16. The van der Waals surface area contributed by atoms with Gasteiger partial charge in [0.2, 0.25) is 0 Å². The van der Waals surface area contributed by atoms with Crippen molar-refractivity contribution in [3.63, 3.8) is 0 Å². The molecule has 0 radical (unpaired) electrons. The van der Waals surface area contributed by atoms with E-state index in [4.69, 9.17) is 10.5 Å². The number of thiophene rings is 1. The van der Waals surface area contributed by atoms with Crippen LogP contribution in [0.3, 0.4) is 0 Å². The van der Waals surface area contributed by atoms with Gasteiger partial charge in [0, 0.05) is 60.1 Å². The van der Waals surface area contributed by atoms with E-state index in [0.29, 0.717) is 25.8 Å². The van der Waals surface area contributed by atoms with Crippen LogP contribution in [0.1, 0.15) is 49.7 Å². The first kappa shape index (κ1) is 33.0. The Labute approximate surface area is 285 Å². The molecule has 0 spiro atoms. The molecule has 262 valence electrons. The molecule has 2 unspecified atom stereocenters. The standard InChI is InChI=1S/C34H30F7N7OS/c35-16-9-34(5-1-7-48(34)12-16)15-49-32-44-27-20(31(45-32)47-13-17-4-6-33(14-47,46-17)10-23(37)38)8-19(29(40)41)24(26(27)39)18-2-3-22(36)28-25(18)21(11-42)30(43)50-28/h2-3,8,10,16-17,29,46H,1,4-7,9,12-15,43H2/t16-,17?,33?,34+/m1/s1. The lowest BCUT2D eigenvalue weighted by atomic mass is 9.92. The number of rotatable bonds is 7. The Balaban J connectivity index is 1.33. The Bertz CT molecular complexity index is 2120. The van der Waals surface area contributed by atoms with Gasteiger partial charge in [-0.2, -0.15) is 24.0 Å². The van der Waals surface area contributed by atoms with Gasteiger partial charge in [0.25, 0.3) is 12.5 Å². The highest BCUT2D eigenvalue weighted by atomic mass is 32.1. The molecule has 2 aromatic heterocycles. The Morgan fingerprint density at radius 1 is 1.22 bits per heavy atom. The van der Waals surface area contributed by atoms with Crippen molar-refractivity contribution in [3.05, 3.63) is 53.1 Å². The summed E-state index contributed by atoms with van der Waals surface area (Å²) in [4.78, 5) is 12.6. The van der Waals surface area contributed by atoms with Gasteiger partial charge in [-0.05, 0) is 49.9 Å². The van der Waals surface area contributed by atoms with Crippen molar-refractivity contribution >= 4 is 43.1 Å². The largest absolute Gasteiger partial charge is 0.461 e. The van der Waals surface area contributed by atoms with Gasteiger partial charge in [-0.1, -0.05) is 6.07 Å². The smallest absolute Gasteiger partial charge is 0.319 e. The SMILES string of the molecule is N#Cc1c(N)sc2c(F)ccc(-c3c(C(F)F)cc4c(N5CC6CCC(C=C(F)F)(C5)N6)nc(OC[C@@]56CCCN5C[C@H](F)C6)nc4c3F)c12. The molecule has 4 fully saturated rings. The number of anilines is 2. The van der Waals surface area contributed by atoms with Crippen molar-refractivity contribution in [2.45, 2.75) is 61.8 Å². The predicted molar refractivity (Wildman–Crippen MR) is 174 cm³/mol. The average molecular weight is 718 g/mol. The van der Waals surface area contributed by atoms with E-state index >= 15 is 4.39 Å². The number of nitrogen functional groups attached to an aromatic ring is 1. The number of benzene rings is 2. The number of aromatic nitrogens is 2. The molecule has 3 N–H and O–H groups in total. The van der Waals surface area contributed by atoms with Crippen LogP contribution in [-0.2, 0) is 0 Å². The van der Waals surface area contributed by atoms with E-state index in [1.807, 2.05) is 11.0 Å². The van der Waals surface area contributed by atoms with Crippen LogP contribution < -0.4 is 20.7 Å². The first-order chi connectivity index (χ1) is 23.9. The second kappa shape index (κ2) is 12.0. The molecule has 16 heteroatoms. The molecule has 4 atom stereocenters. The molecule has 2 aromatic carbocycles. The molecule has 8 nitrogen and oxygen atoms in total. The highest BCUT2D eigenvalue weighted by Gasteiger charge is 2.50. The Morgan fingerprint density at radius 2 is 2.04 bits per heavy atom. The van der Waals surface area contributed by atoms with E-state index in [2.05, 4.69) is 15.3 Å². The van der Waals surface area contributed by atoms with Crippen LogP contribution in [0.4, 0.5) is 41.6 Å². The zero-order valence-electron chi connectivity index (χ0n) is 26.4. The van der Waals surface area contributed by atoms with E-state index in [1.54, 1.807) is 4.90 Å². The number of nitriles is 1. The second-order valence-corrected chi connectivity index (χ2v) is 14.7. The van der Waals surface area contributed by atoms with Crippen LogP contribution >= 0.6 is 11.3 Å². The van der Waals surface area contributed by atoms with E-state index in [0.717, 1.165) is 42.0 Å². The van der Waals surface area contributed by atoms with Gasteiger partial charge in [0.1, 0.15) is 41.0 Å². The second-order valence-electron chi connectivity index (χ2n) is 13.6. The van der Waals surface area contributed by atoms with Gasteiger partial charge in [0.15, 0.2) is 5.82 Å². The molecule has 0 saturated carbocycles. The fourth-order valence-corrected chi connectivity index (χ4v) is 9.51. The molecule has 4 aliphatic rings. The van der Waals surface area contributed by atoms with E-state index in [9.17, 15) is 31.6 Å². The van der Waals surface area contributed by atoms with Crippen LogP contribution in [0.15, 0.2) is 30.4 Å². The predicted octanol–water partition coefficient (Wildman–Crippen LogP) is 7.23. The molecule has 0 amide bonds. The number of nitrogens with zero attached hydrogens (tertiary/aromatic N) is 5. The molecule has 4 aromatic rings. The van der Waals surface area contributed by atoms with Gasteiger partial charge in [-0.3, -0.25) is 4.90 Å². The molecule has 4 aliphatic heterocycles. The first-order valence-corrected chi connectivity index (χ1v) is 17.0. The van der Waals surface area contributed by atoms with Gasteiger partial charge < -0.3 is 20.7 Å². The number of hydrogen-bond acceptors (Lipinski definition) is 9. The summed E-state index contributed by atoms with van der Waals surface area (Å²) in [5.74, 6) is -1.94. The Hall–Kier alpha value is -4.20. The highest BCUT2D eigenvalue weighted by Crippen LogP contribution is 2.47. The minimum Gasteiger partial charge on any atom is -0.461 e. The Morgan fingerprint density at radius 3 is 2.80 bits per heavy atom. The first-order valence-electron chi connectivity index (χ1n) is 16.2. The van der Waals surface area contributed by atoms with Crippen LogP contribution in [-0.4, -0.2) is 70.9 Å². The molecule has 8 rings (SSSR count). The summed E-state index contributed by atoms with van der Waals surface area (Å²) >= 11 is 0.745. The molecule has 0 aliphatic carbocycles. The van der Waals surface area contributed by atoms with E-state index in [1.165, 1.54) is 0 Å². The molecule has 6 heterocycles. The fourth-order valence-electron chi connectivity index (χ4n) is 8.56. The lowest BCUT2D eigenvalue weighted by Gasteiger charge is -2.40. The maximum atomic E-state index is 17.1. The van der Waals surface area contributed by atoms with Gasteiger partial charge in [-0.25, -0.2) is 22.0 Å². The molecule has 2 bridgehead atoms. The lowest BCUT2D eigenvalue weighted by Crippen LogP contribution is -2.59. The van der Waals surface area contributed by atoms with Crippen molar-refractivity contribution in [2.24, 2.45) is 0 Å². The summed E-state index contributed by atoms with van der Waals surface area (Å²) in [7, 11) is 0. The third-order valence-electron chi connectivity index (χ3n) is 10.6. The summed E-state index contributed by atoms with van der Waals surface area (Å²) in [5.41, 5.74) is 2.12. The maximum absolute atomic E-state index is 17.1. The van der Waals surface area contributed by atoms with Crippen LogP contribution in [0.2, 0.25) is 0 Å². The zero-order chi connectivity index (χ0) is 35.1. The van der Waals surface area contributed by atoms with Crippen LogP contribution in [0.5, 0.6) is 6.01 Å². The number of hydrogen-bond donors (Lipinski definition) is 2. The van der Waals surface area contributed by atoms with E-state index < -0.39 is 58.0 Å². The number of piperazine rings is 1. The monoisotopic (exact) mass is 717 g/mol. The molecular weight excluding hydrogens is 687 g/mol. The van der Waals surface area contributed by atoms with Crippen molar-refractivity contribution in [1.29, 1.82) is 5.26 Å². The molecule has 50 heavy (non-hydrogen) atoms. The average Bonchev–Trinajstić information content (AvgIpc) is 3.78. The maximum Gasteiger partial charge on any atom is 0.319 e. The normalized spacial score (nSPS) is 26.3. The zero-order valence-corrected chi connectivity index (χ0v) is 27.2. The number of nitrogens with one attached hydrogen (secondary N) is 1. The minimum atomic E-state index is -3.24. The lowest BCUT2D eigenvalue weighted by molar-refractivity contribution is 0.107. The third kappa shape index (κ3) is 5.24. The topological polar surface area (TPSA) is 103 Å². The molecular formula is C34H30F7N7OS. The Kier molecular flexibility index (Phi) is 7.88. The number of alkyl halides is 3. The number of halogens is 7. The van der Waals surface area contributed by atoms with Crippen LogP contribution in [0.25, 0.3) is 32.1 Å². The summed E-state index contributed by atoms with van der Waals surface area (Å²) in [6, 6.07) is 4.51. The third-order valence-corrected chi connectivity index (χ3v) is 11.6. The van der Waals surface area contributed by atoms with Gasteiger partial charge >= 0.3 is 6.01 Å². The van der Waals surface area contributed by atoms with Crippen molar-refractivity contribution in [2.75, 3.05) is 43.4 Å². The van der Waals surface area contributed by atoms with E-state index in [-0.39, 0.29) is 82.1 Å².